The van der Waals surface area contributed by atoms with Crippen molar-refractivity contribution in [3.05, 3.63) is 60.7 Å². The van der Waals surface area contributed by atoms with Crippen molar-refractivity contribution in [3.63, 3.8) is 0 Å². The molecule has 0 unspecified atom stereocenters. The van der Waals surface area contributed by atoms with E-state index >= 15 is 0 Å². The number of benzene rings is 1. The largest absolute Gasteiger partial charge is 0.395 e. The number of anilines is 1. The van der Waals surface area contributed by atoms with Crippen LogP contribution in [0.25, 0.3) is 33.5 Å². The summed E-state index contributed by atoms with van der Waals surface area (Å²) in [5, 5.41) is 13.3. The maximum Gasteiger partial charge on any atom is 0.124 e. The van der Waals surface area contributed by atoms with E-state index in [1.807, 2.05) is 37.5 Å². The molecule has 0 saturated heterocycles. The van der Waals surface area contributed by atoms with E-state index in [-0.39, 0.29) is 6.61 Å². The molecule has 0 atom stereocenters. The fourth-order valence-corrected chi connectivity index (χ4v) is 4.52. The summed E-state index contributed by atoms with van der Waals surface area (Å²) >= 11 is 0. The first-order valence-corrected chi connectivity index (χ1v) is 15.4. The summed E-state index contributed by atoms with van der Waals surface area (Å²) in [6.07, 6.45) is 3.63. The normalized spacial score (nSPS) is 11.8. The van der Waals surface area contributed by atoms with E-state index in [1.165, 1.54) is 0 Å². The van der Waals surface area contributed by atoms with Crippen LogP contribution >= 0.6 is 0 Å². The number of aryl methyl sites for hydroxylation is 1. The van der Waals surface area contributed by atoms with Crippen LogP contribution in [0.15, 0.2) is 55.0 Å². The van der Waals surface area contributed by atoms with Gasteiger partial charge in [0.15, 0.2) is 0 Å². The van der Waals surface area contributed by atoms with Gasteiger partial charge in [-0.2, -0.15) is 0 Å². The van der Waals surface area contributed by atoms with Crippen molar-refractivity contribution in [2.24, 2.45) is 0 Å². The number of fused-ring (bicyclic) bond motifs is 1. The Morgan fingerprint density at radius 3 is 2.71 bits per heavy atom. The first kappa shape index (κ1) is 24.1. The third kappa shape index (κ3) is 5.88. The Kier molecular flexibility index (Phi) is 7.40. The lowest BCUT2D eigenvalue weighted by Gasteiger charge is -2.16. The molecular formula is C26H33N5O2Si. The van der Waals surface area contributed by atoms with Gasteiger partial charge in [0.2, 0.25) is 0 Å². The molecule has 8 heteroatoms. The van der Waals surface area contributed by atoms with Crippen LogP contribution in [-0.2, 0) is 11.5 Å². The summed E-state index contributed by atoms with van der Waals surface area (Å²) in [5.41, 5.74) is 6.41. The van der Waals surface area contributed by atoms with Crippen molar-refractivity contribution in [3.8, 4) is 22.6 Å². The monoisotopic (exact) mass is 475 g/mol. The smallest absolute Gasteiger partial charge is 0.124 e. The summed E-state index contributed by atoms with van der Waals surface area (Å²) in [7, 11) is -1.16. The van der Waals surface area contributed by atoms with Crippen LogP contribution in [-0.4, -0.2) is 52.5 Å². The van der Waals surface area contributed by atoms with E-state index in [0.717, 1.165) is 57.6 Å². The number of imidazole rings is 1. The molecule has 0 aliphatic rings. The van der Waals surface area contributed by atoms with Gasteiger partial charge in [-0.1, -0.05) is 31.8 Å². The molecular weight excluding hydrogens is 442 g/mol. The molecule has 34 heavy (non-hydrogen) atoms. The Hall–Kier alpha value is -3.07. The predicted molar refractivity (Wildman–Crippen MR) is 141 cm³/mol. The number of nitrogens with one attached hydrogen (secondary N) is 1. The minimum Gasteiger partial charge on any atom is -0.395 e. The number of aliphatic hydroxyl groups excluding tert-OH is 1. The molecule has 0 saturated carbocycles. The lowest BCUT2D eigenvalue weighted by atomic mass is 10.0. The number of hydrogen-bond acceptors (Lipinski definition) is 6. The van der Waals surface area contributed by atoms with E-state index in [0.29, 0.717) is 13.3 Å². The second-order valence-corrected chi connectivity index (χ2v) is 15.3. The van der Waals surface area contributed by atoms with Gasteiger partial charge < -0.3 is 19.7 Å². The number of nitrogens with zero attached hydrogens (tertiary/aromatic N) is 4. The number of ether oxygens (including phenoxy) is 1. The van der Waals surface area contributed by atoms with Gasteiger partial charge in [-0.05, 0) is 43.3 Å². The van der Waals surface area contributed by atoms with Crippen molar-refractivity contribution >= 4 is 24.7 Å². The summed E-state index contributed by atoms with van der Waals surface area (Å²) in [6, 6.07) is 15.4. The second kappa shape index (κ2) is 10.5. The van der Waals surface area contributed by atoms with E-state index < -0.39 is 8.07 Å². The summed E-state index contributed by atoms with van der Waals surface area (Å²) in [5.74, 6) is 0. The molecule has 7 nitrogen and oxygen atoms in total. The molecule has 4 aromatic rings. The minimum atomic E-state index is -1.16. The molecule has 0 aliphatic carbocycles. The van der Waals surface area contributed by atoms with E-state index in [2.05, 4.69) is 52.7 Å². The fourth-order valence-electron chi connectivity index (χ4n) is 3.76. The van der Waals surface area contributed by atoms with Crippen LogP contribution in [0.4, 0.5) is 5.69 Å². The number of aliphatic hydroxyl groups is 1. The molecule has 0 aliphatic heterocycles. The topological polar surface area (TPSA) is 85.1 Å². The molecule has 178 valence electrons. The van der Waals surface area contributed by atoms with Gasteiger partial charge in [0.1, 0.15) is 12.4 Å². The van der Waals surface area contributed by atoms with Crippen LogP contribution in [0.3, 0.4) is 0 Å². The molecule has 0 radical (unpaired) electrons. The SMILES string of the molecule is Cc1cccc(-c2ncn(COCC[Si](C)(C)C)c2-c2ccc3ncc(NCCO)cc3c2)n1. The van der Waals surface area contributed by atoms with E-state index in [1.54, 1.807) is 6.20 Å². The molecule has 2 N–H and O–H groups in total. The summed E-state index contributed by atoms with van der Waals surface area (Å²) in [6.45, 7) is 10.8. The quantitative estimate of drug-likeness (QED) is 0.243. The Morgan fingerprint density at radius 1 is 1.09 bits per heavy atom. The van der Waals surface area contributed by atoms with Crippen LogP contribution in [0.5, 0.6) is 0 Å². The minimum absolute atomic E-state index is 0.0712. The zero-order valence-corrected chi connectivity index (χ0v) is 21.4. The van der Waals surface area contributed by atoms with Gasteiger partial charge in [0, 0.05) is 37.9 Å². The van der Waals surface area contributed by atoms with Crippen LogP contribution < -0.4 is 5.32 Å². The Morgan fingerprint density at radius 2 is 1.94 bits per heavy atom. The van der Waals surface area contributed by atoms with E-state index in [4.69, 9.17) is 19.8 Å². The highest BCUT2D eigenvalue weighted by Gasteiger charge is 2.18. The molecule has 0 amide bonds. The lowest BCUT2D eigenvalue weighted by Crippen LogP contribution is -2.22. The number of hydrogen-bond donors (Lipinski definition) is 2. The molecule has 3 aromatic heterocycles. The highest BCUT2D eigenvalue weighted by Crippen LogP contribution is 2.32. The molecule has 4 rings (SSSR count). The molecule has 0 spiro atoms. The van der Waals surface area contributed by atoms with Crippen molar-refractivity contribution in [2.75, 3.05) is 25.1 Å². The number of pyridine rings is 2. The molecule has 1 aromatic carbocycles. The van der Waals surface area contributed by atoms with Crippen molar-refractivity contribution in [2.45, 2.75) is 39.3 Å². The lowest BCUT2D eigenvalue weighted by molar-refractivity contribution is 0.0882. The van der Waals surface area contributed by atoms with Crippen molar-refractivity contribution < 1.29 is 9.84 Å². The van der Waals surface area contributed by atoms with E-state index in [9.17, 15) is 0 Å². The third-order valence-corrected chi connectivity index (χ3v) is 7.30. The number of rotatable bonds is 10. The van der Waals surface area contributed by atoms with Crippen LogP contribution in [0.1, 0.15) is 5.69 Å². The maximum atomic E-state index is 9.12. The predicted octanol–water partition coefficient (Wildman–Crippen LogP) is 5.19. The molecule has 0 bridgehead atoms. The first-order valence-electron chi connectivity index (χ1n) is 11.7. The van der Waals surface area contributed by atoms with Gasteiger partial charge in [0.25, 0.3) is 0 Å². The Bertz CT molecular complexity index is 1270. The Labute approximate surface area is 201 Å². The zero-order chi connectivity index (χ0) is 24.1. The van der Waals surface area contributed by atoms with Gasteiger partial charge in [0.05, 0.1) is 41.7 Å². The molecule has 3 heterocycles. The maximum absolute atomic E-state index is 9.12. The molecule has 0 fully saturated rings. The standard InChI is InChI=1S/C26H33N5O2Si/c1-19-6-5-7-24(30-19)25-26(31(17-29-25)18-33-12-13-34(2,3)4)20-8-9-23-21(14-20)15-22(16-28-23)27-10-11-32/h5-9,14-17,27,32H,10-13,18H2,1-4H3. The van der Waals surface area contributed by atoms with Gasteiger partial charge in [-0.25, -0.2) is 4.98 Å². The average Bonchev–Trinajstić information content (AvgIpc) is 3.23. The van der Waals surface area contributed by atoms with Gasteiger partial charge in [-0.15, -0.1) is 0 Å². The van der Waals surface area contributed by atoms with Crippen molar-refractivity contribution in [1.29, 1.82) is 0 Å². The van der Waals surface area contributed by atoms with Crippen LogP contribution in [0, 0.1) is 6.92 Å². The Balaban J connectivity index is 1.72. The first-order chi connectivity index (χ1) is 16.3. The van der Waals surface area contributed by atoms with Crippen molar-refractivity contribution in [1.82, 2.24) is 19.5 Å². The third-order valence-electron chi connectivity index (χ3n) is 5.59. The summed E-state index contributed by atoms with van der Waals surface area (Å²) < 4.78 is 8.13. The van der Waals surface area contributed by atoms with Gasteiger partial charge >= 0.3 is 0 Å². The van der Waals surface area contributed by atoms with Crippen LogP contribution in [0.2, 0.25) is 25.7 Å². The fraction of sp³-hybridized carbons (Fsp3) is 0.346. The summed E-state index contributed by atoms with van der Waals surface area (Å²) in [4.78, 5) is 14.0. The average molecular weight is 476 g/mol. The number of aromatic nitrogens is 4. The highest BCUT2D eigenvalue weighted by atomic mass is 28.3. The van der Waals surface area contributed by atoms with Gasteiger partial charge in [-0.3, -0.25) is 9.97 Å². The highest BCUT2D eigenvalue weighted by molar-refractivity contribution is 6.76. The zero-order valence-electron chi connectivity index (χ0n) is 20.4. The second-order valence-electron chi connectivity index (χ2n) is 9.71.